The smallest absolute Gasteiger partial charge is 0.254 e. The second kappa shape index (κ2) is 11.6. The van der Waals surface area contributed by atoms with Gasteiger partial charge in [-0.1, -0.05) is 72.8 Å². The first-order valence-electron chi connectivity index (χ1n) is 12.7. The highest BCUT2D eigenvalue weighted by atomic mass is 19.1. The van der Waals surface area contributed by atoms with Crippen LogP contribution in [0.3, 0.4) is 0 Å². The second-order valence-electron chi connectivity index (χ2n) is 8.98. The molecule has 6 nitrogen and oxygen atoms in total. The van der Waals surface area contributed by atoms with E-state index in [1.165, 1.54) is 17.0 Å². The van der Waals surface area contributed by atoms with Crippen molar-refractivity contribution in [1.82, 2.24) is 14.7 Å². The Labute approximate surface area is 226 Å². The first kappa shape index (κ1) is 25.6. The first-order chi connectivity index (χ1) is 19.0. The number of likely N-dealkylation sites (N-methyl/N-ethyl adjacent to an activating group) is 1. The van der Waals surface area contributed by atoms with E-state index in [1.54, 1.807) is 35.0 Å². The van der Waals surface area contributed by atoms with Crippen molar-refractivity contribution in [1.29, 1.82) is 0 Å². The molecule has 0 saturated heterocycles. The quantitative estimate of drug-likeness (QED) is 0.257. The number of nitrogens with zero attached hydrogens (tertiary/aromatic N) is 3. The maximum atomic E-state index is 13.6. The molecule has 0 bridgehead atoms. The summed E-state index contributed by atoms with van der Waals surface area (Å²) in [5.74, 6) is -0.548. The van der Waals surface area contributed by atoms with Gasteiger partial charge in [0.25, 0.3) is 5.91 Å². The Morgan fingerprint density at radius 3 is 2.00 bits per heavy atom. The lowest BCUT2D eigenvalue weighted by atomic mass is 10.0. The van der Waals surface area contributed by atoms with Gasteiger partial charge >= 0.3 is 0 Å². The Morgan fingerprint density at radius 2 is 1.38 bits per heavy atom. The monoisotopic (exact) mass is 518 g/mol. The Morgan fingerprint density at radius 1 is 0.795 bits per heavy atom. The van der Waals surface area contributed by atoms with Crippen LogP contribution in [0.25, 0.3) is 28.1 Å². The van der Waals surface area contributed by atoms with Crippen molar-refractivity contribution in [3.8, 4) is 28.1 Å². The van der Waals surface area contributed by atoms with Crippen molar-refractivity contribution < 1.29 is 14.0 Å². The molecular formula is C32H27FN4O2. The third-order valence-corrected chi connectivity index (χ3v) is 6.36. The predicted octanol–water partition coefficient (Wildman–Crippen LogP) is 6.45. The summed E-state index contributed by atoms with van der Waals surface area (Å²) in [6.45, 7) is 2.06. The van der Waals surface area contributed by atoms with Crippen LogP contribution < -0.4 is 5.32 Å². The molecule has 0 atom stereocenters. The van der Waals surface area contributed by atoms with Crippen LogP contribution in [0.1, 0.15) is 17.3 Å². The Hall–Kier alpha value is -5.04. The summed E-state index contributed by atoms with van der Waals surface area (Å²) in [5.41, 5.74) is 4.70. The normalized spacial score (nSPS) is 10.7. The van der Waals surface area contributed by atoms with Crippen molar-refractivity contribution in [2.45, 2.75) is 6.92 Å². The fourth-order valence-electron chi connectivity index (χ4n) is 4.30. The number of halogens is 1. The SMILES string of the molecule is CCN(CC(=O)Nc1cc(-c2ccccc2)nn1-c1ccc(F)cc1)C(=O)c1ccc(-c2ccccc2)cc1. The third kappa shape index (κ3) is 5.93. The van der Waals surface area contributed by atoms with Gasteiger partial charge < -0.3 is 10.2 Å². The van der Waals surface area contributed by atoms with E-state index in [2.05, 4.69) is 10.4 Å². The first-order valence-corrected chi connectivity index (χ1v) is 12.7. The van der Waals surface area contributed by atoms with Crippen molar-refractivity contribution in [2.24, 2.45) is 0 Å². The second-order valence-corrected chi connectivity index (χ2v) is 8.98. The maximum Gasteiger partial charge on any atom is 0.254 e. The average Bonchev–Trinajstić information content (AvgIpc) is 3.40. The van der Waals surface area contributed by atoms with E-state index in [9.17, 15) is 14.0 Å². The molecule has 5 aromatic rings. The molecular weight excluding hydrogens is 491 g/mol. The van der Waals surface area contributed by atoms with Crippen LogP contribution >= 0.6 is 0 Å². The summed E-state index contributed by atoms with van der Waals surface area (Å²) >= 11 is 0. The molecule has 7 heteroatoms. The molecule has 0 saturated carbocycles. The number of amides is 2. The van der Waals surface area contributed by atoms with Crippen molar-refractivity contribution in [3.05, 3.63) is 127 Å². The predicted molar refractivity (Wildman–Crippen MR) is 151 cm³/mol. The summed E-state index contributed by atoms with van der Waals surface area (Å²) in [4.78, 5) is 27.8. The van der Waals surface area contributed by atoms with Crippen LogP contribution in [0.4, 0.5) is 10.2 Å². The van der Waals surface area contributed by atoms with E-state index in [4.69, 9.17) is 0 Å². The van der Waals surface area contributed by atoms with Crippen LogP contribution in [-0.2, 0) is 4.79 Å². The van der Waals surface area contributed by atoms with Gasteiger partial charge in [0.2, 0.25) is 5.91 Å². The largest absolute Gasteiger partial charge is 0.330 e. The zero-order valence-corrected chi connectivity index (χ0v) is 21.4. The van der Waals surface area contributed by atoms with Crippen LogP contribution in [0.2, 0.25) is 0 Å². The zero-order valence-electron chi connectivity index (χ0n) is 21.4. The Balaban J connectivity index is 1.34. The molecule has 39 heavy (non-hydrogen) atoms. The maximum absolute atomic E-state index is 13.6. The van der Waals surface area contributed by atoms with E-state index in [0.717, 1.165) is 16.7 Å². The number of nitrogens with one attached hydrogen (secondary N) is 1. The van der Waals surface area contributed by atoms with Crippen LogP contribution in [0.15, 0.2) is 115 Å². The molecule has 4 aromatic carbocycles. The summed E-state index contributed by atoms with van der Waals surface area (Å²) in [6, 6.07) is 34.5. The van der Waals surface area contributed by atoms with Gasteiger partial charge in [0, 0.05) is 23.7 Å². The van der Waals surface area contributed by atoms with Gasteiger partial charge in [-0.3, -0.25) is 9.59 Å². The molecule has 0 aliphatic rings. The van der Waals surface area contributed by atoms with Gasteiger partial charge in [0.05, 0.1) is 11.4 Å². The van der Waals surface area contributed by atoms with E-state index in [1.807, 2.05) is 79.7 Å². The number of hydrogen-bond donors (Lipinski definition) is 1. The van der Waals surface area contributed by atoms with Gasteiger partial charge in [-0.15, -0.1) is 0 Å². The average molecular weight is 519 g/mol. The van der Waals surface area contributed by atoms with Crippen LogP contribution in [0, 0.1) is 5.82 Å². The van der Waals surface area contributed by atoms with Crippen molar-refractivity contribution in [3.63, 3.8) is 0 Å². The number of hydrogen-bond acceptors (Lipinski definition) is 3. The summed E-state index contributed by atoms with van der Waals surface area (Å²) < 4.78 is 15.1. The minimum Gasteiger partial charge on any atom is -0.330 e. The minimum atomic E-state index is -0.367. The van der Waals surface area contributed by atoms with Gasteiger partial charge in [0.15, 0.2) is 0 Å². The van der Waals surface area contributed by atoms with E-state index < -0.39 is 0 Å². The molecule has 0 unspecified atom stereocenters. The minimum absolute atomic E-state index is 0.134. The van der Waals surface area contributed by atoms with E-state index in [-0.39, 0.29) is 24.2 Å². The fourth-order valence-corrected chi connectivity index (χ4v) is 4.30. The number of carbonyl (C=O) groups excluding carboxylic acids is 2. The fraction of sp³-hybridized carbons (Fsp3) is 0.0938. The Bertz CT molecular complexity index is 1560. The summed E-state index contributed by atoms with van der Waals surface area (Å²) in [6.07, 6.45) is 0. The molecule has 194 valence electrons. The molecule has 0 fully saturated rings. The third-order valence-electron chi connectivity index (χ3n) is 6.36. The van der Waals surface area contributed by atoms with Crippen molar-refractivity contribution in [2.75, 3.05) is 18.4 Å². The van der Waals surface area contributed by atoms with Gasteiger partial charge in [-0.25, -0.2) is 9.07 Å². The molecule has 2 amide bonds. The number of anilines is 1. The van der Waals surface area contributed by atoms with E-state index in [0.29, 0.717) is 29.3 Å². The summed E-state index contributed by atoms with van der Waals surface area (Å²) in [5, 5.41) is 7.54. The number of carbonyl (C=O) groups is 2. The summed E-state index contributed by atoms with van der Waals surface area (Å²) in [7, 11) is 0. The highest BCUT2D eigenvalue weighted by Crippen LogP contribution is 2.25. The molecule has 0 aliphatic carbocycles. The molecule has 0 radical (unpaired) electrons. The lowest BCUT2D eigenvalue weighted by Crippen LogP contribution is -2.38. The molecule has 1 heterocycles. The number of aromatic nitrogens is 2. The van der Waals surface area contributed by atoms with Crippen LogP contribution in [-0.4, -0.2) is 39.6 Å². The molecule has 1 N–H and O–H groups in total. The van der Waals surface area contributed by atoms with Gasteiger partial charge in [-0.2, -0.15) is 5.10 Å². The van der Waals surface area contributed by atoms with Crippen molar-refractivity contribution >= 4 is 17.6 Å². The molecule has 0 spiro atoms. The molecule has 0 aliphatic heterocycles. The molecule has 5 rings (SSSR count). The Kier molecular flexibility index (Phi) is 7.59. The zero-order chi connectivity index (χ0) is 27.2. The highest BCUT2D eigenvalue weighted by Gasteiger charge is 2.20. The lowest BCUT2D eigenvalue weighted by Gasteiger charge is -2.20. The number of rotatable bonds is 8. The standard InChI is InChI=1S/C32H27FN4O2/c1-2-36(32(39)26-15-13-24(14-16-26)23-9-5-3-6-10-23)22-31(38)34-30-21-29(25-11-7-4-8-12-25)35-37(30)28-19-17-27(33)18-20-28/h3-21H,2,22H2,1H3,(H,34,38). The van der Waals surface area contributed by atoms with Gasteiger partial charge in [0.1, 0.15) is 18.2 Å². The van der Waals surface area contributed by atoms with Gasteiger partial charge in [-0.05, 0) is 54.4 Å². The molecule has 1 aromatic heterocycles. The topological polar surface area (TPSA) is 67.2 Å². The van der Waals surface area contributed by atoms with E-state index >= 15 is 0 Å². The van der Waals surface area contributed by atoms with Crippen LogP contribution in [0.5, 0.6) is 0 Å². The highest BCUT2D eigenvalue weighted by molar-refractivity contribution is 5.99. The number of benzene rings is 4. The lowest BCUT2D eigenvalue weighted by molar-refractivity contribution is -0.116.